The minimum Gasteiger partial charge on any atom is -0.274 e. The summed E-state index contributed by atoms with van der Waals surface area (Å²) >= 11 is 3.21. The van der Waals surface area contributed by atoms with Gasteiger partial charge in [0.25, 0.3) is 0 Å². The van der Waals surface area contributed by atoms with E-state index in [1.165, 1.54) is 18.3 Å². The third kappa shape index (κ3) is 1.03. The van der Waals surface area contributed by atoms with Crippen LogP contribution in [0.15, 0.2) is 22.8 Å². The molecule has 1 heterocycles. The number of aryl methyl sites for hydroxylation is 1. The van der Waals surface area contributed by atoms with Crippen LogP contribution in [0.5, 0.6) is 0 Å². The summed E-state index contributed by atoms with van der Waals surface area (Å²) in [4.78, 5) is 0. The lowest BCUT2D eigenvalue weighted by molar-refractivity contribution is 0.632. The summed E-state index contributed by atoms with van der Waals surface area (Å²) in [5, 5.41) is 4.14. The monoisotopic (exact) mass is 231 g/mol. The van der Waals surface area contributed by atoms with Crippen LogP contribution in [-0.2, 0) is 6.98 Å². The molecule has 0 saturated carbocycles. The minimum absolute atomic E-state index is 0.0560. The van der Waals surface area contributed by atoms with Gasteiger partial charge in [0.1, 0.15) is 5.52 Å². The Morgan fingerprint density at radius 3 is 3.17 bits per heavy atom. The molecule has 0 aliphatic rings. The molecular formula is C8H6BrFN2. The van der Waals surface area contributed by atoms with Gasteiger partial charge in [-0.3, -0.25) is 4.68 Å². The van der Waals surface area contributed by atoms with Crippen LogP contribution in [-0.4, -0.2) is 9.78 Å². The second-order valence-corrected chi connectivity index (χ2v) is 3.22. The number of hydrogen-bond acceptors (Lipinski definition) is 1. The number of benzene rings is 1. The highest BCUT2D eigenvalue weighted by Crippen LogP contribution is 2.24. The molecule has 0 aliphatic heterocycles. The van der Waals surface area contributed by atoms with Crippen molar-refractivity contribution >= 4 is 26.8 Å². The molecule has 2 aromatic rings. The predicted molar refractivity (Wildman–Crippen MR) is 48.4 cm³/mol. The highest BCUT2D eigenvalue weighted by molar-refractivity contribution is 9.10. The van der Waals surface area contributed by atoms with E-state index in [0.717, 1.165) is 4.68 Å². The maximum atomic E-state index is 13.3. The zero-order valence-corrected chi connectivity index (χ0v) is 7.47. The molecule has 12 heavy (non-hydrogen) atoms. The summed E-state index contributed by atoms with van der Waals surface area (Å²) in [7, 11) is 0. The van der Waals surface area contributed by atoms with Crippen LogP contribution in [0.1, 0.15) is 4.11 Å². The fourth-order valence-electron chi connectivity index (χ4n) is 1.04. The van der Waals surface area contributed by atoms with Crippen molar-refractivity contribution in [2.75, 3.05) is 0 Å². The van der Waals surface area contributed by atoms with Gasteiger partial charge >= 0.3 is 0 Å². The summed E-state index contributed by atoms with van der Waals surface area (Å²) < 4.78 is 36.1. The molecule has 1 aromatic carbocycles. The molecule has 0 saturated heterocycles. The summed E-state index contributed by atoms with van der Waals surface area (Å²) in [5.74, 6) is -0.531. The SMILES string of the molecule is [2H]C([2H])([2H])n1cc2c(Br)ccc(F)c2n1. The van der Waals surface area contributed by atoms with E-state index < -0.39 is 12.8 Å². The van der Waals surface area contributed by atoms with Crippen LogP contribution in [0, 0.1) is 5.82 Å². The molecular weight excluding hydrogens is 223 g/mol. The fraction of sp³-hybridized carbons (Fsp3) is 0.125. The molecule has 0 atom stereocenters. The second-order valence-electron chi connectivity index (χ2n) is 2.37. The van der Waals surface area contributed by atoms with E-state index in [2.05, 4.69) is 21.0 Å². The molecule has 0 amide bonds. The number of rotatable bonds is 0. The van der Waals surface area contributed by atoms with Gasteiger partial charge in [-0.2, -0.15) is 5.10 Å². The fourth-order valence-corrected chi connectivity index (χ4v) is 1.46. The van der Waals surface area contributed by atoms with Crippen molar-refractivity contribution in [1.29, 1.82) is 0 Å². The predicted octanol–water partition coefficient (Wildman–Crippen LogP) is 2.47. The van der Waals surface area contributed by atoms with Crippen LogP contribution < -0.4 is 0 Å². The first-order chi connectivity index (χ1) is 6.89. The smallest absolute Gasteiger partial charge is 0.151 e. The number of fused-ring (bicyclic) bond motifs is 1. The van der Waals surface area contributed by atoms with Gasteiger partial charge in [-0.25, -0.2) is 4.39 Å². The van der Waals surface area contributed by atoms with Gasteiger partial charge < -0.3 is 0 Å². The van der Waals surface area contributed by atoms with Crippen molar-refractivity contribution in [2.45, 2.75) is 0 Å². The van der Waals surface area contributed by atoms with Crippen molar-refractivity contribution in [3.05, 3.63) is 28.6 Å². The van der Waals surface area contributed by atoms with Crippen LogP contribution in [0.2, 0.25) is 0 Å². The highest BCUT2D eigenvalue weighted by Gasteiger charge is 2.06. The Balaban J connectivity index is 2.76. The standard InChI is InChI=1S/C8H6BrFN2/c1-12-4-5-6(9)2-3-7(10)8(5)11-12/h2-4H,1H3/i1D3. The minimum atomic E-state index is -2.38. The van der Waals surface area contributed by atoms with Crippen molar-refractivity contribution in [1.82, 2.24) is 9.78 Å². The molecule has 0 aliphatic carbocycles. The van der Waals surface area contributed by atoms with E-state index in [-0.39, 0.29) is 5.52 Å². The lowest BCUT2D eigenvalue weighted by Crippen LogP contribution is -1.86. The highest BCUT2D eigenvalue weighted by atomic mass is 79.9. The average Bonchev–Trinajstić information content (AvgIpc) is 2.56. The van der Waals surface area contributed by atoms with Gasteiger partial charge in [0.2, 0.25) is 0 Å². The van der Waals surface area contributed by atoms with E-state index in [9.17, 15) is 4.39 Å². The largest absolute Gasteiger partial charge is 0.274 e. The molecule has 0 radical (unpaired) electrons. The van der Waals surface area contributed by atoms with Crippen molar-refractivity contribution < 1.29 is 8.50 Å². The lowest BCUT2D eigenvalue weighted by atomic mass is 10.2. The molecule has 0 N–H and O–H groups in total. The van der Waals surface area contributed by atoms with Gasteiger partial charge in [-0.15, -0.1) is 0 Å². The van der Waals surface area contributed by atoms with Crippen LogP contribution in [0.4, 0.5) is 4.39 Å². The van der Waals surface area contributed by atoms with Gasteiger partial charge in [0, 0.05) is 27.1 Å². The molecule has 0 spiro atoms. The molecule has 0 fully saturated rings. The van der Waals surface area contributed by atoms with E-state index >= 15 is 0 Å². The Kier molecular flexibility index (Phi) is 1.06. The third-order valence-corrected chi connectivity index (χ3v) is 2.27. The molecule has 1 aromatic heterocycles. The Bertz CT molecular complexity index is 481. The number of nitrogens with zero attached hydrogens (tertiary/aromatic N) is 2. The molecule has 0 unspecified atom stereocenters. The topological polar surface area (TPSA) is 17.8 Å². The summed E-state index contributed by atoms with van der Waals surface area (Å²) in [6, 6.07) is 2.76. The molecule has 0 bridgehead atoms. The van der Waals surface area contributed by atoms with Gasteiger partial charge in [-0.1, -0.05) is 15.9 Å². The van der Waals surface area contributed by atoms with Crippen molar-refractivity contribution in [3.63, 3.8) is 0 Å². The van der Waals surface area contributed by atoms with Crippen molar-refractivity contribution in [3.8, 4) is 0 Å². The Hall–Kier alpha value is -0.900. The Morgan fingerprint density at radius 1 is 1.67 bits per heavy atom. The summed E-state index contributed by atoms with van der Waals surface area (Å²) in [5.41, 5.74) is 0.0560. The molecule has 2 nitrogen and oxygen atoms in total. The van der Waals surface area contributed by atoms with E-state index in [1.54, 1.807) is 0 Å². The first-order valence-electron chi connectivity index (χ1n) is 4.73. The number of aromatic nitrogens is 2. The Morgan fingerprint density at radius 2 is 2.50 bits per heavy atom. The van der Waals surface area contributed by atoms with Crippen LogP contribution in [0.25, 0.3) is 10.9 Å². The summed E-state index contributed by atoms with van der Waals surface area (Å²) in [6.45, 7) is -2.38. The van der Waals surface area contributed by atoms with E-state index in [4.69, 9.17) is 4.11 Å². The zero-order valence-electron chi connectivity index (χ0n) is 8.88. The van der Waals surface area contributed by atoms with E-state index in [0.29, 0.717) is 9.86 Å². The van der Waals surface area contributed by atoms with Gasteiger partial charge in [0.15, 0.2) is 5.82 Å². The number of hydrogen-bond donors (Lipinski definition) is 0. The molecule has 4 heteroatoms. The van der Waals surface area contributed by atoms with Gasteiger partial charge in [-0.05, 0) is 12.1 Å². The van der Waals surface area contributed by atoms with E-state index in [1.807, 2.05) is 0 Å². The Labute approximate surface area is 81.3 Å². The second kappa shape index (κ2) is 2.55. The van der Waals surface area contributed by atoms with Gasteiger partial charge in [0.05, 0.1) is 0 Å². The quantitative estimate of drug-likeness (QED) is 0.682. The van der Waals surface area contributed by atoms with Crippen LogP contribution in [0.3, 0.4) is 0 Å². The maximum Gasteiger partial charge on any atom is 0.151 e. The zero-order chi connectivity index (χ0) is 11.2. The lowest BCUT2D eigenvalue weighted by Gasteiger charge is -1.91. The number of halogens is 2. The maximum absolute atomic E-state index is 13.3. The molecule has 62 valence electrons. The normalized spacial score (nSPS) is 15.7. The first-order valence-corrected chi connectivity index (χ1v) is 4.03. The average molecular weight is 232 g/mol. The van der Waals surface area contributed by atoms with Crippen molar-refractivity contribution in [2.24, 2.45) is 6.98 Å². The summed E-state index contributed by atoms with van der Waals surface area (Å²) in [6.07, 6.45) is 1.30. The molecule has 2 rings (SSSR count). The van der Waals surface area contributed by atoms with Crippen LogP contribution >= 0.6 is 15.9 Å². The third-order valence-electron chi connectivity index (χ3n) is 1.57. The first kappa shape index (κ1) is 4.97.